The van der Waals surface area contributed by atoms with Crippen LogP contribution in [0, 0.1) is 6.92 Å². The van der Waals surface area contributed by atoms with Gasteiger partial charge in [0.2, 0.25) is 5.91 Å². The first-order chi connectivity index (χ1) is 14.1. The van der Waals surface area contributed by atoms with Gasteiger partial charge in [0.05, 0.1) is 17.1 Å². The van der Waals surface area contributed by atoms with Crippen LogP contribution in [-0.4, -0.2) is 17.6 Å². The van der Waals surface area contributed by atoms with Gasteiger partial charge >= 0.3 is 0 Å². The van der Waals surface area contributed by atoms with Gasteiger partial charge in [-0.3, -0.25) is 9.59 Å². The third-order valence-corrected chi connectivity index (χ3v) is 5.57. The van der Waals surface area contributed by atoms with Gasteiger partial charge < -0.3 is 15.4 Å². The molecule has 0 bridgehead atoms. The SMILES string of the molecule is Cc1ccc(NC(=O)c2ccc3c(c2)NC(=O)CS3)c(OCc2ccccc2)c1. The average Bonchev–Trinajstić information content (AvgIpc) is 2.74. The van der Waals surface area contributed by atoms with E-state index in [2.05, 4.69) is 10.6 Å². The third-order valence-electron chi connectivity index (χ3n) is 4.50. The normalized spacial score (nSPS) is 12.7. The third kappa shape index (κ3) is 4.60. The number of carbonyl (C=O) groups is 2. The molecule has 0 fully saturated rings. The van der Waals surface area contributed by atoms with Crippen molar-refractivity contribution in [2.75, 3.05) is 16.4 Å². The van der Waals surface area contributed by atoms with E-state index < -0.39 is 0 Å². The number of anilines is 2. The molecule has 29 heavy (non-hydrogen) atoms. The summed E-state index contributed by atoms with van der Waals surface area (Å²) in [5.74, 6) is 0.689. The summed E-state index contributed by atoms with van der Waals surface area (Å²) in [5.41, 5.74) is 3.84. The molecule has 3 aromatic carbocycles. The Balaban J connectivity index is 1.52. The molecule has 146 valence electrons. The minimum absolute atomic E-state index is 0.0600. The molecule has 1 aliphatic rings. The molecule has 0 atom stereocenters. The summed E-state index contributed by atoms with van der Waals surface area (Å²) in [6.45, 7) is 2.39. The standard InChI is InChI=1S/C23H20N2O3S/c1-15-7-9-18(20(11-15)28-13-16-5-3-2-4-6-16)25-23(27)17-8-10-21-19(12-17)24-22(26)14-29-21/h2-12H,13-14H2,1H3,(H,24,26)(H,25,27). The van der Waals surface area contributed by atoms with E-state index in [9.17, 15) is 9.59 Å². The Bertz CT molecular complexity index is 1070. The monoisotopic (exact) mass is 404 g/mol. The van der Waals surface area contributed by atoms with E-state index in [1.165, 1.54) is 11.8 Å². The topological polar surface area (TPSA) is 67.4 Å². The van der Waals surface area contributed by atoms with Gasteiger partial charge in [0.25, 0.3) is 5.91 Å². The van der Waals surface area contributed by atoms with Gasteiger partial charge in [0.1, 0.15) is 12.4 Å². The number of fused-ring (bicyclic) bond motifs is 1. The summed E-state index contributed by atoms with van der Waals surface area (Å²) in [5, 5.41) is 5.74. The average molecular weight is 404 g/mol. The van der Waals surface area contributed by atoms with Gasteiger partial charge in [-0.25, -0.2) is 0 Å². The maximum absolute atomic E-state index is 12.8. The van der Waals surface area contributed by atoms with E-state index in [4.69, 9.17) is 4.74 Å². The number of nitrogens with one attached hydrogen (secondary N) is 2. The molecule has 4 rings (SSSR count). The van der Waals surface area contributed by atoms with E-state index in [1.54, 1.807) is 12.1 Å². The van der Waals surface area contributed by atoms with Crippen molar-refractivity contribution in [2.24, 2.45) is 0 Å². The highest BCUT2D eigenvalue weighted by molar-refractivity contribution is 8.00. The van der Waals surface area contributed by atoms with E-state index in [0.717, 1.165) is 16.0 Å². The van der Waals surface area contributed by atoms with Gasteiger partial charge in [-0.05, 0) is 48.4 Å². The van der Waals surface area contributed by atoms with Gasteiger partial charge in [0, 0.05) is 10.5 Å². The molecule has 1 heterocycles. The Hall–Kier alpha value is -3.25. The van der Waals surface area contributed by atoms with Crippen molar-refractivity contribution in [1.29, 1.82) is 0 Å². The van der Waals surface area contributed by atoms with E-state index in [1.807, 2.05) is 61.5 Å². The number of hydrogen-bond acceptors (Lipinski definition) is 4. The van der Waals surface area contributed by atoms with Crippen LogP contribution in [0.5, 0.6) is 5.75 Å². The molecule has 5 nitrogen and oxygen atoms in total. The van der Waals surface area contributed by atoms with Crippen LogP contribution in [0.1, 0.15) is 21.5 Å². The quantitative estimate of drug-likeness (QED) is 0.637. The second-order valence-corrected chi connectivity index (χ2v) is 7.79. The number of benzene rings is 3. The molecule has 0 aliphatic carbocycles. The molecule has 0 unspecified atom stereocenters. The molecule has 0 aromatic heterocycles. The lowest BCUT2D eigenvalue weighted by molar-refractivity contribution is -0.113. The van der Waals surface area contributed by atoms with Crippen molar-refractivity contribution >= 4 is 35.0 Å². The predicted molar refractivity (Wildman–Crippen MR) is 116 cm³/mol. The first-order valence-electron chi connectivity index (χ1n) is 9.24. The number of carbonyl (C=O) groups excluding carboxylic acids is 2. The Kier molecular flexibility index (Phi) is 5.53. The highest BCUT2D eigenvalue weighted by Gasteiger charge is 2.18. The number of hydrogen-bond donors (Lipinski definition) is 2. The second-order valence-electron chi connectivity index (χ2n) is 6.78. The van der Waals surface area contributed by atoms with Crippen molar-refractivity contribution < 1.29 is 14.3 Å². The maximum atomic E-state index is 12.8. The van der Waals surface area contributed by atoms with Crippen LogP contribution in [0.15, 0.2) is 71.6 Å². The Labute approximate surface area is 173 Å². The van der Waals surface area contributed by atoms with Crippen molar-refractivity contribution in [3.8, 4) is 5.75 Å². The van der Waals surface area contributed by atoms with Crippen LogP contribution in [0.3, 0.4) is 0 Å². The minimum Gasteiger partial charge on any atom is -0.487 e. The lowest BCUT2D eigenvalue weighted by Crippen LogP contribution is -2.20. The zero-order chi connectivity index (χ0) is 20.2. The van der Waals surface area contributed by atoms with Crippen LogP contribution in [0.2, 0.25) is 0 Å². The first-order valence-corrected chi connectivity index (χ1v) is 10.2. The van der Waals surface area contributed by atoms with Crippen LogP contribution >= 0.6 is 11.8 Å². The Morgan fingerprint density at radius 1 is 1.10 bits per heavy atom. The lowest BCUT2D eigenvalue weighted by Gasteiger charge is -2.17. The van der Waals surface area contributed by atoms with Gasteiger partial charge in [-0.1, -0.05) is 36.4 Å². The number of thioether (sulfide) groups is 1. The fourth-order valence-electron chi connectivity index (χ4n) is 3.01. The van der Waals surface area contributed by atoms with Gasteiger partial charge in [-0.2, -0.15) is 0 Å². The van der Waals surface area contributed by atoms with Gasteiger partial charge in [-0.15, -0.1) is 11.8 Å². The zero-order valence-corrected chi connectivity index (χ0v) is 16.7. The molecule has 3 aromatic rings. The summed E-state index contributed by atoms with van der Waals surface area (Å²) in [7, 11) is 0. The lowest BCUT2D eigenvalue weighted by atomic mass is 10.1. The minimum atomic E-state index is -0.258. The molecular formula is C23H20N2O3S. The van der Waals surface area contributed by atoms with E-state index in [0.29, 0.717) is 35.0 Å². The van der Waals surface area contributed by atoms with Crippen LogP contribution in [0.4, 0.5) is 11.4 Å². The summed E-state index contributed by atoms with van der Waals surface area (Å²) >= 11 is 1.47. The van der Waals surface area contributed by atoms with Crippen LogP contribution in [-0.2, 0) is 11.4 Å². The van der Waals surface area contributed by atoms with Crippen molar-refractivity contribution in [1.82, 2.24) is 0 Å². The summed E-state index contributed by atoms with van der Waals surface area (Å²) in [6.07, 6.45) is 0. The Morgan fingerprint density at radius 2 is 1.93 bits per heavy atom. The molecule has 6 heteroatoms. The summed E-state index contributed by atoms with van der Waals surface area (Å²) in [6, 6.07) is 20.9. The molecule has 0 radical (unpaired) electrons. The van der Waals surface area contributed by atoms with Crippen molar-refractivity contribution in [3.63, 3.8) is 0 Å². The molecule has 0 spiro atoms. The molecule has 2 N–H and O–H groups in total. The predicted octanol–water partition coefficient (Wildman–Crippen LogP) is 4.87. The zero-order valence-electron chi connectivity index (χ0n) is 15.9. The largest absolute Gasteiger partial charge is 0.487 e. The molecular weight excluding hydrogens is 384 g/mol. The Morgan fingerprint density at radius 3 is 2.76 bits per heavy atom. The van der Waals surface area contributed by atoms with Gasteiger partial charge in [0.15, 0.2) is 0 Å². The van der Waals surface area contributed by atoms with Crippen LogP contribution in [0.25, 0.3) is 0 Å². The molecule has 1 aliphatic heterocycles. The van der Waals surface area contributed by atoms with Crippen LogP contribution < -0.4 is 15.4 Å². The number of amides is 2. The summed E-state index contributed by atoms with van der Waals surface area (Å²) < 4.78 is 5.97. The number of rotatable bonds is 5. The highest BCUT2D eigenvalue weighted by Crippen LogP contribution is 2.33. The number of ether oxygens (including phenoxy) is 1. The number of aryl methyl sites for hydroxylation is 1. The maximum Gasteiger partial charge on any atom is 0.255 e. The van der Waals surface area contributed by atoms with E-state index in [-0.39, 0.29) is 11.8 Å². The smallest absolute Gasteiger partial charge is 0.255 e. The van der Waals surface area contributed by atoms with Crippen molar-refractivity contribution in [2.45, 2.75) is 18.4 Å². The molecule has 0 saturated carbocycles. The molecule has 0 saturated heterocycles. The first kappa shape index (κ1) is 19.1. The van der Waals surface area contributed by atoms with E-state index >= 15 is 0 Å². The van der Waals surface area contributed by atoms with Crippen molar-refractivity contribution in [3.05, 3.63) is 83.4 Å². The highest BCUT2D eigenvalue weighted by atomic mass is 32.2. The fourth-order valence-corrected chi connectivity index (χ4v) is 3.79. The second kappa shape index (κ2) is 8.41. The molecule has 2 amide bonds. The summed E-state index contributed by atoms with van der Waals surface area (Å²) in [4.78, 5) is 25.4. The fraction of sp³-hybridized carbons (Fsp3) is 0.130.